The van der Waals surface area contributed by atoms with E-state index >= 15 is 0 Å². The second-order valence-corrected chi connectivity index (χ2v) is 7.00. The van der Waals surface area contributed by atoms with E-state index in [9.17, 15) is 9.18 Å². The summed E-state index contributed by atoms with van der Waals surface area (Å²) in [6.45, 7) is 2.11. The molecule has 1 amide bonds. The van der Waals surface area contributed by atoms with Crippen LogP contribution in [-0.4, -0.2) is 56.9 Å². The van der Waals surface area contributed by atoms with Crippen LogP contribution in [0.2, 0.25) is 0 Å². The lowest BCUT2D eigenvalue weighted by Gasteiger charge is -2.33. The molecule has 0 spiro atoms. The van der Waals surface area contributed by atoms with Crippen LogP contribution in [0.25, 0.3) is 16.9 Å². The summed E-state index contributed by atoms with van der Waals surface area (Å²) < 4.78 is 15.8. The molecular formula is C17H15FIN5O2. The number of carbonyl (C=O) groups is 1. The Morgan fingerprint density at radius 3 is 2.42 bits per heavy atom. The van der Waals surface area contributed by atoms with Crippen LogP contribution in [0.5, 0.6) is 0 Å². The molecule has 1 aliphatic heterocycles. The molecule has 7 nitrogen and oxygen atoms in total. The molecule has 0 saturated carbocycles. The molecule has 1 saturated heterocycles. The number of amides is 1. The number of rotatable bonds is 2. The van der Waals surface area contributed by atoms with E-state index in [0.29, 0.717) is 31.8 Å². The molecular weight excluding hydrogens is 452 g/mol. The van der Waals surface area contributed by atoms with Crippen molar-refractivity contribution in [2.75, 3.05) is 31.1 Å². The summed E-state index contributed by atoms with van der Waals surface area (Å²) in [5.41, 5.74) is 2.30. The van der Waals surface area contributed by atoms with Gasteiger partial charge in [-0.25, -0.2) is 18.7 Å². The van der Waals surface area contributed by atoms with Gasteiger partial charge in [-0.1, -0.05) is 0 Å². The van der Waals surface area contributed by atoms with E-state index in [1.54, 1.807) is 16.6 Å². The van der Waals surface area contributed by atoms with Crippen LogP contribution in [0.3, 0.4) is 0 Å². The van der Waals surface area contributed by atoms with Gasteiger partial charge in [-0.05, 0) is 59.0 Å². The van der Waals surface area contributed by atoms with Crippen LogP contribution >= 0.6 is 22.6 Å². The number of hydrogen-bond acceptors (Lipinski definition) is 4. The SMILES string of the molecule is O=C(O)N1CCN(c2ccc3nc(-c4ccc(F)cc4)c(I)n3n2)CC1. The molecule has 3 heterocycles. The van der Waals surface area contributed by atoms with Crippen LogP contribution in [0.4, 0.5) is 15.0 Å². The quantitative estimate of drug-likeness (QED) is 0.587. The smallest absolute Gasteiger partial charge is 0.407 e. The number of fused-ring (bicyclic) bond motifs is 1. The Hall–Kier alpha value is -2.43. The number of anilines is 1. The number of nitrogens with zero attached hydrogens (tertiary/aromatic N) is 5. The van der Waals surface area contributed by atoms with Crippen molar-refractivity contribution < 1.29 is 14.3 Å². The molecule has 26 heavy (non-hydrogen) atoms. The van der Waals surface area contributed by atoms with Gasteiger partial charge in [-0.2, -0.15) is 0 Å². The number of aromatic nitrogens is 3. The Bertz CT molecular complexity index is 967. The van der Waals surface area contributed by atoms with Crippen LogP contribution in [0, 0.1) is 9.52 Å². The largest absolute Gasteiger partial charge is 0.465 e. The molecule has 1 aromatic carbocycles. The first-order chi connectivity index (χ1) is 12.5. The lowest BCUT2D eigenvalue weighted by atomic mass is 10.2. The van der Waals surface area contributed by atoms with Crippen LogP contribution in [0.1, 0.15) is 0 Å². The summed E-state index contributed by atoms with van der Waals surface area (Å²) in [5, 5.41) is 13.7. The molecule has 0 radical (unpaired) electrons. The number of piperazine rings is 1. The van der Waals surface area contributed by atoms with E-state index in [1.165, 1.54) is 17.0 Å². The minimum absolute atomic E-state index is 0.284. The fourth-order valence-electron chi connectivity index (χ4n) is 2.98. The van der Waals surface area contributed by atoms with E-state index in [4.69, 9.17) is 5.11 Å². The Balaban J connectivity index is 1.64. The number of hydrogen-bond donors (Lipinski definition) is 1. The van der Waals surface area contributed by atoms with Crippen molar-refractivity contribution in [3.63, 3.8) is 0 Å². The summed E-state index contributed by atoms with van der Waals surface area (Å²) in [4.78, 5) is 19.1. The Morgan fingerprint density at radius 2 is 1.77 bits per heavy atom. The number of carboxylic acid groups (broad SMARTS) is 1. The molecule has 1 fully saturated rings. The molecule has 0 unspecified atom stereocenters. The van der Waals surface area contributed by atoms with Gasteiger partial charge >= 0.3 is 6.09 Å². The molecule has 0 bridgehead atoms. The third-order valence-corrected chi connectivity index (χ3v) is 5.37. The van der Waals surface area contributed by atoms with Crippen LogP contribution in [0.15, 0.2) is 36.4 Å². The van der Waals surface area contributed by atoms with Gasteiger partial charge in [-0.3, -0.25) is 0 Å². The van der Waals surface area contributed by atoms with Crippen molar-refractivity contribution >= 4 is 40.1 Å². The average Bonchev–Trinajstić information content (AvgIpc) is 2.99. The predicted molar refractivity (Wildman–Crippen MR) is 103 cm³/mol. The lowest BCUT2D eigenvalue weighted by Crippen LogP contribution is -2.48. The van der Waals surface area contributed by atoms with Crippen molar-refractivity contribution in [1.29, 1.82) is 0 Å². The summed E-state index contributed by atoms with van der Waals surface area (Å²) in [6, 6.07) is 10.0. The highest BCUT2D eigenvalue weighted by molar-refractivity contribution is 14.1. The highest BCUT2D eigenvalue weighted by Gasteiger charge is 2.22. The first kappa shape index (κ1) is 17.0. The monoisotopic (exact) mass is 467 g/mol. The fourth-order valence-corrected chi connectivity index (χ4v) is 3.77. The van der Waals surface area contributed by atoms with Gasteiger partial charge in [0.1, 0.15) is 21.0 Å². The van der Waals surface area contributed by atoms with E-state index < -0.39 is 6.09 Å². The molecule has 1 aliphatic rings. The highest BCUT2D eigenvalue weighted by atomic mass is 127. The number of imidazole rings is 1. The molecule has 4 rings (SSSR count). The van der Waals surface area contributed by atoms with Crippen molar-refractivity contribution in [2.45, 2.75) is 0 Å². The second-order valence-electron chi connectivity index (χ2n) is 5.98. The summed E-state index contributed by atoms with van der Waals surface area (Å²) in [5.74, 6) is 0.497. The lowest BCUT2D eigenvalue weighted by molar-refractivity contribution is 0.142. The maximum absolute atomic E-state index is 13.2. The van der Waals surface area contributed by atoms with Gasteiger partial charge < -0.3 is 14.9 Å². The molecule has 134 valence electrons. The van der Waals surface area contributed by atoms with Crippen molar-refractivity contribution in [2.24, 2.45) is 0 Å². The van der Waals surface area contributed by atoms with Gasteiger partial charge in [-0.15, -0.1) is 5.10 Å². The maximum Gasteiger partial charge on any atom is 0.407 e. The average molecular weight is 467 g/mol. The summed E-state index contributed by atoms with van der Waals surface area (Å²) in [6.07, 6.45) is -0.888. The van der Waals surface area contributed by atoms with Gasteiger partial charge in [0.25, 0.3) is 0 Å². The van der Waals surface area contributed by atoms with Crippen LogP contribution in [-0.2, 0) is 0 Å². The molecule has 0 atom stereocenters. The van der Waals surface area contributed by atoms with E-state index in [1.807, 2.05) is 12.1 Å². The third-order valence-electron chi connectivity index (χ3n) is 4.40. The van der Waals surface area contributed by atoms with E-state index in [0.717, 1.165) is 20.8 Å². The molecule has 0 aliphatic carbocycles. The summed E-state index contributed by atoms with van der Waals surface area (Å²) >= 11 is 2.19. The van der Waals surface area contributed by atoms with E-state index in [2.05, 4.69) is 37.6 Å². The topological polar surface area (TPSA) is 74.0 Å². The van der Waals surface area contributed by atoms with Crippen molar-refractivity contribution in [3.05, 3.63) is 45.9 Å². The summed E-state index contributed by atoms with van der Waals surface area (Å²) in [7, 11) is 0. The standard InChI is InChI=1S/C17H15FIN5O2/c18-12-3-1-11(2-4-12)15-16(19)24-13(20-15)5-6-14(21-24)22-7-9-23(10-8-22)17(25)26/h1-6H,7-10H2,(H,25,26). The highest BCUT2D eigenvalue weighted by Crippen LogP contribution is 2.26. The first-order valence-corrected chi connectivity index (χ1v) is 9.15. The number of halogens is 2. The van der Waals surface area contributed by atoms with Gasteiger partial charge in [0.2, 0.25) is 0 Å². The molecule has 1 N–H and O–H groups in total. The van der Waals surface area contributed by atoms with E-state index in [-0.39, 0.29) is 5.82 Å². The Labute approximate surface area is 162 Å². The maximum atomic E-state index is 13.2. The first-order valence-electron chi connectivity index (χ1n) is 8.07. The minimum atomic E-state index is -0.888. The number of benzene rings is 1. The normalized spacial score (nSPS) is 14.8. The predicted octanol–water partition coefficient (Wildman–Crippen LogP) is 2.94. The Morgan fingerprint density at radius 1 is 1.08 bits per heavy atom. The molecule has 9 heteroatoms. The zero-order valence-electron chi connectivity index (χ0n) is 13.6. The second kappa shape index (κ2) is 6.71. The van der Waals surface area contributed by atoms with Crippen LogP contribution < -0.4 is 4.90 Å². The zero-order valence-corrected chi connectivity index (χ0v) is 15.8. The van der Waals surface area contributed by atoms with Crippen molar-refractivity contribution in [1.82, 2.24) is 19.5 Å². The van der Waals surface area contributed by atoms with Gasteiger partial charge in [0.15, 0.2) is 5.65 Å². The van der Waals surface area contributed by atoms with Crippen molar-refractivity contribution in [3.8, 4) is 11.3 Å². The molecule has 2 aromatic heterocycles. The third kappa shape index (κ3) is 3.06. The Kier molecular flexibility index (Phi) is 4.39. The van der Waals surface area contributed by atoms with Gasteiger partial charge in [0, 0.05) is 31.7 Å². The zero-order chi connectivity index (χ0) is 18.3. The fraction of sp³-hybridized carbons (Fsp3) is 0.235. The van der Waals surface area contributed by atoms with Gasteiger partial charge in [0.05, 0.1) is 0 Å². The minimum Gasteiger partial charge on any atom is -0.465 e. The molecule has 3 aromatic rings.